The molecule has 2 N–H and O–H groups in total. The van der Waals surface area contributed by atoms with E-state index in [4.69, 9.17) is 11.5 Å². The Morgan fingerprint density at radius 2 is 0.615 bits per heavy atom. The summed E-state index contributed by atoms with van der Waals surface area (Å²) in [4.78, 5) is 0. The molecule has 13 heavy (non-hydrogen) atoms. The van der Waals surface area contributed by atoms with Crippen LogP contribution in [0, 0.1) is 14.9 Å². The minimum atomic E-state index is -0.250. The van der Waals surface area contributed by atoms with Gasteiger partial charge < -0.3 is 26.3 Å². The normalized spacial score (nSPS) is 9.23. The van der Waals surface area contributed by atoms with Crippen LogP contribution in [-0.4, -0.2) is 11.1 Å². The van der Waals surface area contributed by atoms with Crippen molar-refractivity contribution in [3.63, 3.8) is 0 Å². The van der Waals surface area contributed by atoms with Gasteiger partial charge in [0.25, 0.3) is 0 Å². The predicted octanol–water partition coefficient (Wildman–Crippen LogP) is 4.57. The SMILES string of the molecule is CC(C)(C)[NH-].CC(C)(C)[NH-].[CH3-].[CH3-].[Hf+4]. The Bertz CT molecular complexity index is 55.9. The molecule has 0 aromatic rings. The number of hydrogen-bond donors (Lipinski definition) is 0. The van der Waals surface area contributed by atoms with Crippen molar-refractivity contribution in [2.24, 2.45) is 0 Å². The summed E-state index contributed by atoms with van der Waals surface area (Å²) in [6.45, 7) is 11.1. The Balaban J connectivity index is -0.0000000267. The zero-order chi connectivity index (χ0) is 9.00. The molecule has 0 saturated carbocycles. The van der Waals surface area contributed by atoms with Gasteiger partial charge in [-0.15, -0.1) is 11.1 Å². The van der Waals surface area contributed by atoms with Gasteiger partial charge in [0.1, 0.15) is 0 Å². The van der Waals surface area contributed by atoms with Crippen molar-refractivity contribution < 1.29 is 25.8 Å². The zero-order valence-corrected chi connectivity index (χ0v) is 14.1. The third-order valence-corrected chi connectivity index (χ3v) is 0. The molecule has 0 saturated heterocycles. The fourth-order valence-corrected chi connectivity index (χ4v) is 0. The van der Waals surface area contributed by atoms with E-state index in [0.29, 0.717) is 0 Å². The second kappa shape index (κ2) is 10.9. The summed E-state index contributed by atoms with van der Waals surface area (Å²) in [5, 5.41) is 0. The van der Waals surface area contributed by atoms with E-state index in [1.165, 1.54) is 0 Å². The van der Waals surface area contributed by atoms with Crippen LogP contribution in [0.1, 0.15) is 41.5 Å². The summed E-state index contributed by atoms with van der Waals surface area (Å²) in [6, 6.07) is 0. The Morgan fingerprint density at radius 1 is 0.615 bits per heavy atom. The second-order valence-electron chi connectivity index (χ2n) is 4.50. The van der Waals surface area contributed by atoms with Crippen molar-refractivity contribution in [2.45, 2.75) is 52.6 Å². The molecule has 0 heterocycles. The van der Waals surface area contributed by atoms with Crippen molar-refractivity contribution in [3.05, 3.63) is 26.3 Å². The van der Waals surface area contributed by atoms with E-state index in [1.807, 2.05) is 41.5 Å². The molecule has 0 aromatic carbocycles. The standard InChI is InChI=1S/2C4H10N.2CH3.Hf/c2*1-4(2,3)5;;;/h2*5H,1-3H3;2*1H3;/q4*-1;+4. The molecular formula is C10H26HfN2. The first-order valence-electron chi connectivity index (χ1n) is 3.50. The molecular weight excluding hydrogens is 327 g/mol. The largest absolute Gasteiger partial charge is 4.00 e. The van der Waals surface area contributed by atoms with E-state index in [9.17, 15) is 0 Å². The summed E-state index contributed by atoms with van der Waals surface area (Å²) in [6.07, 6.45) is 0. The van der Waals surface area contributed by atoms with Crippen LogP contribution in [0.5, 0.6) is 0 Å². The van der Waals surface area contributed by atoms with Crippen LogP contribution in [0.4, 0.5) is 0 Å². The van der Waals surface area contributed by atoms with E-state index < -0.39 is 0 Å². The molecule has 0 aliphatic rings. The monoisotopic (exact) mass is 354 g/mol. The Morgan fingerprint density at radius 3 is 0.615 bits per heavy atom. The molecule has 0 aliphatic heterocycles. The Kier molecular flexibility index (Phi) is 24.4. The maximum atomic E-state index is 6.94. The quantitative estimate of drug-likeness (QED) is 0.453. The minimum absolute atomic E-state index is 0. The van der Waals surface area contributed by atoms with Crippen LogP contribution in [0.2, 0.25) is 0 Å². The molecule has 0 rings (SSSR count). The molecule has 0 fully saturated rings. The molecule has 0 aliphatic carbocycles. The molecule has 80 valence electrons. The van der Waals surface area contributed by atoms with Crippen LogP contribution in [0.3, 0.4) is 0 Å². The van der Waals surface area contributed by atoms with Gasteiger partial charge in [0.2, 0.25) is 0 Å². The Labute approximate surface area is 105 Å². The second-order valence-corrected chi connectivity index (χ2v) is 4.50. The van der Waals surface area contributed by atoms with Crippen molar-refractivity contribution in [1.82, 2.24) is 0 Å². The first kappa shape index (κ1) is 29.2. The van der Waals surface area contributed by atoms with E-state index in [1.54, 1.807) is 0 Å². The van der Waals surface area contributed by atoms with Crippen molar-refractivity contribution >= 4 is 0 Å². The zero-order valence-electron chi connectivity index (χ0n) is 10.5. The van der Waals surface area contributed by atoms with Gasteiger partial charge in [-0.05, 0) is 0 Å². The molecule has 0 radical (unpaired) electrons. The maximum Gasteiger partial charge on any atom is 4.00 e. The first-order chi connectivity index (χ1) is 4.00. The summed E-state index contributed by atoms with van der Waals surface area (Å²) >= 11 is 0. The fourth-order valence-electron chi connectivity index (χ4n) is 0. The third-order valence-electron chi connectivity index (χ3n) is 0. The van der Waals surface area contributed by atoms with Gasteiger partial charge in [-0.1, -0.05) is 41.5 Å². The Hall–Kier alpha value is 0.790. The predicted molar refractivity (Wildman–Crippen MR) is 61.0 cm³/mol. The number of nitrogens with one attached hydrogen (secondary N) is 2. The summed E-state index contributed by atoms with van der Waals surface area (Å²) in [5.41, 5.74) is 13.4. The minimum Gasteiger partial charge on any atom is -0.673 e. The van der Waals surface area contributed by atoms with Crippen molar-refractivity contribution in [2.75, 3.05) is 0 Å². The van der Waals surface area contributed by atoms with Crippen LogP contribution in [0.15, 0.2) is 0 Å². The van der Waals surface area contributed by atoms with Crippen molar-refractivity contribution in [3.8, 4) is 0 Å². The summed E-state index contributed by atoms with van der Waals surface area (Å²) < 4.78 is 0. The van der Waals surface area contributed by atoms with Gasteiger partial charge in [-0.2, -0.15) is 0 Å². The first-order valence-corrected chi connectivity index (χ1v) is 3.50. The molecule has 0 spiro atoms. The van der Waals surface area contributed by atoms with Gasteiger partial charge in [0.15, 0.2) is 0 Å². The molecule has 0 aromatic heterocycles. The number of hydrogen-bond acceptors (Lipinski definition) is 0. The summed E-state index contributed by atoms with van der Waals surface area (Å²) in [7, 11) is 0. The molecule has 0 atom stereocenters. The maximum absolute atomic E-state index is 6.94. The molecule has 0 amide bonds. The average molecular weight is 353 g/mol. The van der Waals surface area contributed by atoms with Crippen molar-refractivity contribution in [1.29, 1.82) is 0 Å². The van der Waals surface area contributed by atoms with Gasteiger partial charge in [-0.3, -0.25) is 0 Å². The summed E-state index contributed by atoms with van der Waals surface area (Å²) in [5.74, 6) is 0. The van der Waals surface area contributed by atoms with Gasteiger partial charge in [0, 0.05) is 0 Å². The van der Waals surface area contributed by atoms with Crippen LogP contribution < -0.4 is 0 Å². The van der Waals surface area contributed by atoms with E-state index in [-0.39, 0.29) is 51.8 Å². The van der Waals surface area contributed by atoms with Gasteiger partial charge in [0.05, 0.1) is 0 Å². The van der Waals surface area contributed by atoms with E-state index >= 15 is 0 Å². The smallest absolute Gasteiger partial charge is 0.673 e. The molecule has 0 bridgehead atoms. The fraction of sp³-hybridized carbons (Fsp3) is 0.800. The average Bonchev–Trinajstić information content (AvgIpc) is 1.12. The third kappa shape index (κ3) is 2390. The molecule has 3 heteroatoms. The van der Waals surface area contributed by atoms with E-state index in [2.05, 4.69) is 0 Å². The van der Waals surface area contributed by atoms with Crippen LogP contribution >= 0.6 is 0 Å². The van der Waals surface area contributed by atoms with E-state index in [0.717, 1.165) is 0 Å². The van der Waals surface area contributed by atoms with Crippen LogP contribution in [0.25, 0.3) is 11.5 Å². The molecule has 2 nitrogen and oxygen atoms in total. The molecule has 0 unspecified atom stereocenters. The topological polar surface area (TPSA) is 47.6 Å². The van der Waals surface area contributed by atoms with Gasteiger partial charge in [-0.25, -0.2) is 0 Å². The van der Waals surface area contributed by atoms with Gasteiger partial charge >= 0.3 is 25.8 Å². The number of rotatable bonds is 0. The van der Waals surface area contributed by atoms with Crippen LogP contribution in [-0.2, 0) is 25.8 Å².